The molecule has 0 saturated carbocycles. The van der Waals surface area contributed by atoms with Gasteiger partial charge in [0.15, 0.2) is 0 Å². The minimum absolute atomic E-state index is 0.194. The van der Waals surface area contributed by atoms with E-state index in [2.05, 4.69) is 13.8 Å². The molecule has 0 aromatic carbocycles. The molecule has 0 N–H and O–H groups in total. The van der Waals surface area contributed by atoms with Gasteiger partial charge in [-0.25, -0.2) is 0 Å². The van der Waals surface area contributed by atoms with Crippen molar-refractivity contribution >= 4 is 116 Å². The maximum absolute atomic E-state index is 4.76. The van der Waals surface area contributed by atoms with Gasteiger partial charge in [0.1, 0.15) is 0 Å². The van der Waals surface area contributed by atoms with Gasteiger partial charge in [-0.2, -0.15) is 0 Å². The standard InChI is InChI=1S/C6H14.5CH2Cl2/c1-3-5-6-4-2;5*2-1-3/h3-6H2,1-2H3;5*1H2. The zero-order chi connectivity index (χ0) is 18.4. The molecule has 0 rings (SSSR count). The maximum Gasteiger partial charge on any atom is 0.0967 e. The summed E-state index contributed by atoms with van der Waals surface area (Å²) in [5.41, 5.74) is 0. The highest BCUT2D eigenvalue weighted by Crippen LogP contribution is 1.95. The van der Waals surface area contributed by atoms with Crippen molar-refractivity contribution in [3.05, 3.63) is 0 Å². The number of halogens is 10. The molecule has 21 heavy (non-hydrogen) atoms. The fourth-order valence-corrected chi connectivity index (χ4v) is 0.500. The molecule has 138 valence electrons. The Labute approximate surface area is 180 Å². The summed E-state index contributed by atoms with van der Waals surface area (Å²) >= 11 is 47.6. The molecular weight excluding hydrogens is 487 g/mol. The van der Waals surface area contributed by atoms with Gasteiger partial charge in [0.05, 0.1) is 26.7 Å². The van der Waals surface area contributed by atoms with E-state index < -0.39 is 0 Å². The highest BCUT2D eigenvalue weighted by Gasteiger charge is 1.75. The van der Waals surface area contributed by atoms with E-state index in [9.17, 15) is 0 Å². The third kappa shape index (κ3) is 287. The van der Waals surface area contributed by atoms with E-state index in [1.165, 1.54) is 25.7 Å². The quantitative estimate of drug-likeness (QED) is 0.262. The maximum atomic E-state index is 4.76. The van der Waals surface area contributed by atoms with Gasteiger partial charge in [0, 0.05) is 0 Å². The summed E-state index contributed by atoms with van der Waals surface area (Å²) in [4.78, 5) is 0. The summed E-state index contributed by atoms with van der Waals surface area (Å²) in [5.74, 6) is 0. The topological polar surface area (TPSA) is 0 Å². The lowest BCUT2D eigenvalue weighted by Gasteiger charge is -1.86. The van der Waals surface area contributed by atoms with Gasteiger partial charge in [-0.15, -0.1) is 116 Å². The number of hydrogen-bond acceptors (Lipinski definition) is 0. The van der Waals surface area contributed by atoms with Gasteiger partial charge < -0.3 is 0 Å². The molecule has 0 atom stereocenters. The number of rotatable bonds is 3. The van der Waals surface area contributed by atoms with Crippen LogP contribution >= 0.6 is 116 Å². The van der Waals surface area contributed by atoms with Gasteiger partial charge in [0.25, 0.3) is 0 Å². The zero-order valence-corrected chi connectivity index (χ0v) is 19.7. The van der Waals surface area contributed by atoms with Gasteiger partial charge in [-0.3, -0.25) is 0 Å². The minimum Gasteiger partial charge on any atom is -0.109 e. The van der Waals surface area contributed by atoms with E-state index in [0.717, 1.165) is 0 Å². The molecule has 0 heterocycles. The van der Waals surface area contributed by atoms with Crippen LogP contribution in [0.4, 0.5) is 0 Å². The highest BCUT2D eigenvalue weighted by atomic mass is 35.5. The molecule has 0 saturated heterocycles. The van der Waals surface area contributed by atoms with Crippen molar-refractivity contribution in [3.8, 4) is 0 Å². The van der Waals surface area contributed by atoms with Crippen molar-refractivity contribution in [2.45, 2.75) is 39.5 Å². The van der Waals surface area contributed by atoms with E-state index in [1.54, 1.807) is 0 Å². The monoisotopic (exact) mass is 506 g/mol. The molecule has 0 amide bonds. The van der Waals surface area contributed by atoms with Crippen LogP contribution in [0.3, 0.4) is 0 Å². The molecule has 0 bridgehead atoms. The largest absolute Gasteiger partial charge is 0.109 e. The lowest BCUT2D eigenvalue weighted by molar-refractivity contribution is 0.702. The SMILES string of the molecule is CCCCCC.ClCCl.ClCCl.ClCCl.ClCCl.ClCCl. The van der Waals surface area contributed by atoms with Crippen molar-refractivity contribution in [3.63, 3.8) is 0 Å². The molecule has 10 heteroatoms. The molecule has 0 fully saturated rings. The van der Waals surface area contributed by atoms with Crippen molar-refractivity contribution in [2.24, 2.45) is 0 Å². The summed E-state index contributed by atoms with van der Waals surface area (Å²) in [5, 5.41) is 0.972. The lowest BCUT2D eigenvalue weighted by atomic mass is 10.2. The van der Waals surface area contributed by atoms with Gasteiger partial charge in [0.2, 0.25) is 0 Å². The second kappa shape index (κ2) is 77.6. The minimum atomic E-state index is 0.194. The Morgan fingerprint density at radius 1 is 0.381 bits per heavy atom. The number of hydrogen-bond donors (Lipinski definition) is 0. The van der Waals surface area contributed by atoms with Crippen molar-refractivity contribution in [2.75, 3.05) is 26.7 Å². The van der Waals surface area contributed by atoms with Crippen LogP contribution in [0.15, 0.2) is 0 Å². The summed E-state index contributed by atoms with van der Waals surface area (Å²) in [6.07, 6.45) is 5.54. The molecule has 0 aliphatic rings. The van der Waals surface area contributed by atoms with Crippen LogP contribution in [0.25, 0.3) is 0 Å². The van der Waals surface area contributed by atoms with Gasteiger partial charge in [-0.05, 0) is 0 Å². The highest BCUT2D eigenvalue weighted by molar-refractivity contribution is 6.41. The Bertz CT molecular complexity index is 62.4. The van der Waals surface area contributed by atoms with E-state index in [4.69, 9.17) is 116 Å². The normalized spacial score (nSPS) is 6.86. The Kier molecular flexibility index (Phi) is 144. The van der Waals surface area contributed by atoms with Gasteiger partial charge in [-0.1, -0.05) is 39.5 Å². The van der Waals surface area contributed by atoms with Crippen LogP contribution in [0.5, 0.6) is 0 Å². The van der Waals surface area contributed by atoms with Crippen molar-refractivity contribution < 1.29 is 0 Å². The average Bonchev–Trinajstić information content (AvgIpc) is 2.41. The number of unbranched alkanes of at least 4 members (excludes halogenated alkanes) is 3. The van der Waals surface area contributed by atoms with E-state index in [-0.39, 0.29) is 26.7 Å². The van der Waals surface area contributed by atoms with Crippen LogP contribution in [0.1, 0.15) is 39.5 Å². The van der Waals surface area contributed by atoms with Gasteiger partial charge >= 0.3 is 0 Å². The van der Waals surface area contributed by atoms with E-state index in [1.807, 2.05) is 0 Å². The van der Waals surface area contributed by atoms with Crippen LogP contribution in [-0.2, 0) is 0 Å². The lowest BCUT2D eigenvalue weighted by Crippen LogP contribution is -1.66. The fraction of sp³-hybridized carbons (Fsp3) is 1.00. The molecule has 0 unspecified atom stereocenters. The summed E-state index contributed by atoms with van der Waals surface area (Å²) in [6, 6.07) is 0. The van der Waals surface area contributed by atoms with E-state index >= 15 is 0 Å². The van der Waals surface area contributed by atoms with Crippen LogP contribution < -0.4 is 0 Å². The molecule has 0 spiro atoms. The third-order valence-corrected chi connectivity index (χ3v) is 0.957. The molecule has 0 radical (unpaired) electrons. The van der Waals surface area contributed by atoms with Crippen molar-refractivity contribution in [1.29, 1.82) is 0 Å². The van der Waals surface area contributed by atoms with Crippen LogP contribution in [0.2, 0.25) is 0 Å². The summed E-state index contributed by atoms with van der Waals surface area (Å²) < 4.78 is 0. The predicted molar refractivity (Wildman–Crippen MR) is 113 cm³/mol. The fourth-order valence-electron chi connectivity index (χ4n) is 0.500. The molecular formula is C11H24Cl10. The Balaban J connectivity index is -0.0000000333. The first-order chi connectivity index (χ1) is 9.99. The van der Waals surface area contributed by atoms with Crippen LogP contribution in [0, 0.1) is 0 Å². The first-order valence-electron chi connectivity index (χ1n) is 5.59. The molecule has 0 aliphatic carbocycles. The van der Waals surface area contributed by atoms with E-state index in [0.29, 0.717) is 0 Å². The smallest absolute Gasteiger partial charge is 0.0967 e. The molecule has 0 aromatic rings. The predicted octanol–water partition coefficient (Wildman–Crippen LogP) is 9.69. The van der Waals surface area contributed by atoms with Crippen LogP contribution in [-0.4, -0.2) is 26.7 Å². The first kappa shape index (κ1) is 39.1. The third-order valence-electron chi connectivity index (χ3n) is 0.957. The molecule has 0 nitrogen and oxygen atoms in total. The number of alkyl halides is 10. The zero-order valence-electron chi connectivity index (χ0n) is 12.1. The summed E-state index contributed by atoms with van der Waals surface area (Å²) in [6.45, 7) is 4.46. The second-order valence-corrected chi connectivity index (χ2v) is 6.25. The molecule has 0 aromatic heterocycles. The Morgan fingerprint density at radius 3 is 0.524 bits per heavy atom. The first-order valence-corrected chi connectivity index (χ1v) is 10.9. The Hall–Kier alpha value is 2.90. The average molecular weight is 511 g/mol. The summed E-state index contributed by atoms with van der Waals surface area (Å²) in [7, 11) is 0. The molecule has 0 aliphatic heterocycles. The second-order valence-electron chi connectivity index (χ2n) is 2.21. The van der Waals surface area contributed by atoms with Crippen molar-refractivity contribution in [1.82, 2.24) is 0 Å². The Morgan fingerprint density at radius 2 is 0.476 bits per heavy atom.